The summed E-state index contributed by atoms with van der Waals surface area (Å²) < 4.78 is 1.96. The van der Waals surface area contributed by atoms with Gasteiger partial charge in [0.25, 0.3) is 5.91 Å². The number of nitriles is 2. The van der Waals surface area contributed by atoms with Crippen LogP contribution in [-0.2, 0) is 17.6 Å². The van der Waals surface area contributed by atoms with Gasteiger partial charge in [0.15, 0.2) is 0 Å². The first-order chi connectivity index (χ1) is 15.8. The molecule has 0 saturated carbocycles. The van der Waals surface area contributed by atoms with Gasteiger partial charge in [0, 0.05) is 21.3 Å². The number of hydrogen-bond donors (Lipinski definition) is 1. The van der Waals surface area contributed by atoms with E-state index in [-0.39, 0.29) is 5.57 Å². The number of fused-ring (bicyclic) bond motifs is 1. The Labute approximate surface area is 206 Å². The van der Waals surface area contributed by atoms with Crippen LogP contribution in [0.4, 0.5) is 5.00 Å². The Morgan fingerprint density at radius 2 is 1.94 bits per heavy atom. The largest absolute Gasteiger partial charge is 0.316 e. The van der Waals surface area contributed by atoms with Crippen LogP contribution in [0, 0.1) is 36.5 Å². The standard InChI is InChI=1S/C25H20Cl2N4OS/c1-14-9-16(15(2)31(14)22-8-7-18(26)11-21(22)27)10-17(12-28)24(32)30-25-20(13-29)19-5-3-4-6-23(19)33-25/h7-11H,3-6H2,1-2H3,(H,30,32)/b17-10+. The zero-order valence-corrected chi connectivity index (χ0v) is 20.5. The molecule has 166 valence electrons. The van der Waals surface area contributed by atoms with Crippen molar-refractivity contribution in [3.63, 3.8) is 0 Å². The van der Waals surface area contributed by atoms with E-state index in [4.69, 9.17) is 23.2 Å². The number of carbonyl (C=O) groups is 1. The first-order valence-electron chi connectivity index (χ1n) is 10.5. The minimum absolute atomic E-state index is 0.0345. The number of nitrogens with one attached hydrogen (secondary N) is 1. The molecular weight excluding hydrogens is 475 g/mol. The summed E-state index contributed by atoms with van der Waals surface area (Å²) in [6, 6.07) is 11.4. The normalized spacial score (nSPS) is 13.2. The predicted molar refractivity (Wildman–Crippen MR) is 133 cm³/mol. The monoisotopic (exact) mass is 494 g/mol. The molecule has 2 aromatic heterocycles. The summed E-state index contributed by atoms with van der Waals surface area (Å²) >= 11 is 13.9. The van der Waals surface area contributed by atoms with E-state index >= 15 is 0 Å². The Bertz CT molecular complexity index is 1380. The van der Waals surface area contributed by atoms with Gasteiger partial charge in [-0.15, -0.1) is 11.3 Å². The van der Waals surface area contributed by atoms with Gasteiger partial charge in [-0.3, -0.25) is 4.79 Å². The average molecular weight is 495 g/mol. The molecule has 1 aromatic carbocycles. The number of anilines is 1. The zero-order chi connectivity index (χ0) is 23.7. The van der Waals surface area contributed by atoms with Crippen LogP contribution < -0.4 is 5.32 Å². The maximum atomic E-state index is 12.9. The van der Waals surface area contributed by atoms with E-state index in [1.54, 1.807) is 18.2 Å². The first-order valence-corrected chi connectivity index (χ1v) is 12.0. The summed E-state index contributed by atoms with van der Waals surface area (Å²) in [6.45, 7) is 3.83. The smallest absolute Gasteiger partial charge is 0.266 e. The van der Waals surface area contributed by atoms with E-state index in [2.05, 4.69) is 11.4 Å². The number of aryl methyl sites for hydroxylation is 2. The minimum atomic E-state index is -0.526. The molecule has 1 aliphatic carbocycles. The van der Waals surface area contributed by atoms with E-state index in [0.29, 0.717) is 20.6 Å². The van der Waals surface area contributed by atoms with Crippen molar-refractivity contribution in [2.24, 2.45) is 0 Å². The van der Waals surface area contributed by atoms with Crippen molar-refractivity contribution in [1.29, 1.82) is 10.5 Å². The molecule has 0 saturated heterocycles. The molecule has 0 aliphatic heterocycles. The van der Waals surface area contributed by atoms with E-state index in [0.717, 1.165) is 58.8 Å². The van der Waals surface area contributed by atoms with E-state index in [1.165, 1.54) is 11.3 Å². The molecule has 1 amide bonds. The van der Waals surface area contributed by atoms with Gasteiger partial charge in [0.05, 0.1) is 16.3 Å². The fourth-order valence-corrected chi connectivity index (χ4v) is 5.94. The molecular formula is C25H20Cl2N4OS. The molecule has 0 fully saturated rings. The van der Waals surface area contributed by atoms with Crippen LogP contribution in [0.3, 0.4) is 0 Å². The Balaban J connectivity index is 1.67. The Morgan fingerprint density at radius 3 is 2.64 bits per heavy atom. The van der Waals surface area contributed by atoms with E-state index in [1.807, 2.05) is 36.6 Å². The number of nitrogens with zero attached hydrogens (tertiary/aromatic N) is 3. The summed E-state index contributed by atoms with van der Waals surface area (Å²) in [5.74, 6) is -0.526. The second-order valence-electron chi connectivity index (χ2n) is 7.91. The maximum Gasteiger partial charge on any atom is 0.266 e. The fourth-order valence-electron chi connectivity index (χ4n) is 4.21. The topological polar surface area (TPSA) is 81.6 Å². The van der Waals surface area contributed by atoms with Crippen molar-refractivity contribution in [1.82, 2.24) is 4.57 Å². The number of amides is 1. The Kier molecular flexibility index (Phi) is 6.63. The van der Waals surface area contributed by atoms with Gasteiger partial charge in [0.1, 0.15) is 22.7 Å². The first kappa shape index (κ1) is 23.1. The van der Waals surface area contributed by atoms with Crippen LogP contribution in [0.2, 0.25) is 10.0 Å². The lowest BCUT2D eigenvalue weighted by Gasteiger charge is -2.12. The summed E-state index contributed by atoms with van der Waals surface area (Å²) in [7, 11) is 0. The second-order valence-corrected chi connectivity index (χ2v) is 9.86. The number of carbonyl (C=O) groups excluding carboxylic acids is 1. The highest BCUT2D eigenvalue weighted by Gasteiger charge is 2.23. The molecule has 0 spiro atoms. The minimum Gasteiger partial charge on any atom is -0.316 e. The van der Waals surface area contributed by atoms with Gasteiger partial charge in [-0.2, -0.15) is 10.5 Å². The van der Waals surface area contributed by atoms with Gasteiger partial charge in [-0.1, -0.05) is 23.2 Å². The highest BCUT2D eigenvalue weighted by molar-refractivity contribution is 7.16. The molecule has 0 bridgehead atoms. The molecule has 0 radical (unpaired) electrons. The quantitative estimate of drug-likeness (QED) is 0.321. The molecule has 2 heterocycles. The average Bonchev–Trinajstić information content (AvgIpc) is 3.27. The Morgan fingerprint density at radius 1 is 1.18 bits per heavy atom. The molecule has 5 nitrogen and oxygen atoms in total. The summed E-state index contributed by atoms with van der Waals surface area (Å²) in [6.07, 6.45) is 5.47. The van der Waals surface area contributed by atoms with Gasteiger partial charge < -0.3 is 9.88 Å². The van der Waals surface area contributed by atoms with Gasteiger partial charge in [0.2, 0.25) is 0 Å². The van der Waals surface area contributed by atoms with Crippen LogP contribution in [0.15, 0.2) is 29.8 Å². The van der Waals surface area contributed by atoms with Gasteiger partial charge in [-0.05, 0) is 81.0 Å². The summed E-state index contributed by atoms with van der Waals surface area (Å²) in [4.78, 5) is 14.1. The SMILES string of the molecule is Cc1cc(/C=C(\C#N)C(=O)Nc2sc3c(c2C#N)CCCC3)c(C)n1-c1ccc(Cl)cc1Cl. The number of aromatic nitrogens is 1. The molecule has 1 N–H and O–H groups in total. The number of halogens is 2. The highest BCUT2D eigenvalue weighted by atomic mass is 35.5. The molecule has 3 aromatic rings. The summed E-state index contributed by atoms with van der Waals surface area (Å²) in [5, 5.41) is 23.7. The predicted octanol–water partition coefficient (Wildman–Crippen LogP) is 6.76. The number of benzene rings is 1. The molecule has 33 heavy (non-hydrogen) atoms. The van der Waals surface area contributed by atoms with Crippen molar-refractivity contribution < 1.29 is 4.79 Å². The van der Waals surface area contributed by atoms with Crippen LogP contribution in [-0.4, -0.2) is 10.5 Å². The second kappa shape index (κ2) is 9.45. The van der Waals surface area contributed by atoms with Gasteiger partial charge in [-0.25, -0.2) is 0 Å². The fraction of sp³-hybridized carbons (Fsp3) is 0.240. The van der Waals surface area contributed by atoms with Crippen molar-refractivity contribution >= 4 is 51.5 Å². The molecule has 1 aliphatic rings. The number of hydrogen-bond acceptors (Lipinski definition) is 4. The lowest BCUT2D eigenvalue weighted by Crippen LogP contribution is -2.13. The number of rotatable bonds is 4. The van der Waals surface area contributed by atoms with Crippen LogP contribution in [0.25, 0.3) is 11.8 Å². The molecule has 4 rings (SSSR count). The molecule has 0 unspecified atom stereocenters. The third-order valence-corrected chi connectivity index (χ3v) is 7.54. The lowest BCUT2D eigenvalue weighted by molar-refractivity contribution is -0.112. The van der Waals surface area contributed by atoms with Crippen molar-refractivity contribution in [3.05, 3.63) is 72.8 Å². The highest BCUT2D eigenvalue weighted by Crippen LogP contribution is 2.38. The molecule has 0 atom stereocenters. The van der Waals surface area contributed by atoms with Crippen LogP contribution in [0.5, 0.6) is 0 Å². The zero-order valence-electron chi connectivity index (χ0n) is 18.1. The van der Waals surface area contributed by atoms with Crippen LogP contribution >= 0.6 is 34.5 Å². The third kappa shape index (κ3) is 4.43. The van der Waals surface area contributed by atoms with E-state index in [9.17, 15) is 15.3 Å². The third-order valence-electron chi connectivity index (χ3n) is 5.80. The van der Waals surface area contributed by atoms with Crippen LogP contribution in [0.1, 0.15) is 45.8 Å². The maximum absolute atomic E-state index is 12.9. The van der Waals surface area contributed by atoms with Crippen molar-refractivity contribution in [2.45, 2.75) is 39.5 Å². The van der Waals surface area contributed by atoms with E-state index < -0.39 is 5.91 Å². The van der Waals surface area contributed by atoms with Crippen molar-refractivity contribution in [3.8, 4) is 17.8 Å². The van der Waals surface area contributed by atoms with Crippen molar-refractivity contribution in [2.75, 3.05) is 5.32 Å². The number of thiophene rings is 1. The lowest BCUT2D eigenvalue weighted by atomic mass is 9.96. The Hall–Kier alpha value is -3.03. The molecule has 8 heteroatoms. The van der Waals surface area contributed by atoms with Gasteiger partial charge >= 0.3 is 0 Å². The summed E-state index contributed by atoms with van der Waals surface area (Å²) in [5.41, 5.74) is 4.76.